The van der Waals surface area contributed by atoms with Crippen molar-refractivity contribution in [3.8, 4) is 17.2 Å². The molecule has 0 bridgehead atoms. The Bertz CT molecular complexity index is 1410. The third-order valence-electron chi connectivity index (χ3n) is 5.42. The van der Waals surface area contributed by atoms with E-state index in [1.807, 2.05) is 6.92 Å². The molecule has 11 heteroatoms. The average molecular weight is 520 g/mol. The number of esters is 1. The van der Waals surface area contributed by atoms with Gasteiger partial charge in [0.1, 0.15) is 23.7 Å². The number of amides is 4. The van der Waals surface area contributed by atoms with Gasteiger partial charge in [0.2, 0.25) is 5.76 Å². The summed E-state index contributed by atoms with van der Waals surface area (Å²) in [7, 11) is 2.69. The molecule has 1 aromatic heterocycles. The van der Waals surface area contributed by atoms with Crippen molar-refractivity contribution in [2.45, 2.75) is 13.5 Å². The van der Waals surface area contributed by atoms with Crippen LogP contribution in [0.3, 0.4) is 0 Å². The molecule has 0 spiro atoms. The van der Waals surface area contributed by atoms with Gasteiger partial charge in [-0.25, -0.2) is 14.5 Å². The highest BCUT2D eigenvalue weighted by molar-refractivity contribution is 6.39. The third kappa shape index (κ3) is 5.51. The lowest BCUT2D eigenvalue weighted by atomic mass is 10.1. The van der Waals surface area contributed by atoms with E-state index in [9.17, 15) is 19.2 Å². The number of hydrogen-bond acceptors (Lipinski definition) is 9. The lowest BCUT2D eigenvalue weighted by molar-refractivity contribution is -0.122. The maximum atomic E-state index is 13.2. The molecular weight excluding hydrogens is 496 g/mol. The number of anilines is 1. The highest BCUT2D eigenvalue weighted by atomic mass is 16.5. The van der Waals surface area contributed by atoms with Crippen molar-refractivity contribution < 1.29 is 42.5 Å². The number of furan rings is 1. The molecular formula is C27H24N2O9. The van der Waals surface area contributed by atoms with Crippen molar-refractivity contribution in [3.05, 3.63) is 77.3 Å². The summed E-state index contributed by atoms with van der Waals surface area (Å²) in [6, 6.07) is 13.4. The summed E-state index contributed by atoms with van der Waals surface area (Å²) in [4.78, 5) is 50.6. The number of ether oxygens (including phenoxy) is 4. The number of imide groups is 2. The van der Waals surface area contributed by atoms with Crippen molar-refractivity contribution in [2.75, 3.05) is 25.7 Å². The summed E-state index contributed by atoms with van der Waals surface area (Å²) < 4.78 is 26.5. The van der Waals surface area contributed by atoms with Crippen LogP contribution >= 0.6 is 0 Å². The second-order valence-electron chi connectivity index (χ2n) is 7.84. The summed E-state index contributed by atoms with van der Waals surface area (Å²) in [6.45, 7) is 2.32. The number of urea groups is 1. The van der Waals surface area contributed by atoms with Gasteiger partial charge in [-0.05, 0) is 67.1 Å². The Morgan fingerprint density at radius 2 is 1.74 bits per heavy atom. The fourth-order valence-electron chi connectivity index (χ4n) is 3.62. The average Bonchev–Trinajstić information content (AvgIpc) is 3.40. The lowest BCUT2D eigenvalue weighted by Gasteiger charge is -2.26. The number of rotatable bonds is 9. The van der Waals surface area contributed by atoms with Gasteiger partial charge in [-0.1, -0.05) is 6.07 Å². The molecule has 0 aliphatic carbocycles. The molecule has 1 fully saturated rings. The van der Waals surface area contributed by atoms with E-state index < -0.39 is 23.8 Å². The number of hydrogen-bond donors (Lipinski definition) is 1. The van der Waals surface area contributed by atoms with Gasteiger partial charge < -0.3 is 23.4 Å². The number of barbiturate groups is 1. The Hall–Kier alpha value is -5.06. The molecule has 0 atom stereocenters. The minimum Gasteiger partial charge on any atom is -0.494 e. The van der Waals surface area contributed by atoms with Crippen LogP contribution in [0.2, 0.25) is 0 Å². The predicted octanol–water partition coefficient (Wildman–Crippen LogP) is 3.72. The van der Waals surface area contributed by atoms with Crippen molar-refractivity contribution in [3.63, 3.8) is 0 Å². The maximum Gasteiger partial charge on any atom is 0.373 e. The molecule has 3 aromatic rings. The van der Waals surface area contributed by atoms with Crippen LogP contribution in [-0.2, 0) is 20.9 Å². The molecule has 2 heterocycles. The minimum atomic E-state index is -0.851. The number of methoxy groups -OCH3 is 2. The zero-order valence-corrected chi connectivity index (χ0v) is 20.8. The van der Waals surface area contributed by atoms with E-state index in [-0.39, 0.29) is 23.6 Å². The van der Waals surface area contributed by atoms with E-state index >= 15 is 0 Å². The Morgan fingerprint density at radius 3 is 2.42 bits per heavy atom. The maximum absolute atomic E-state index is 13.2. The molecule has 0 radical (unpaired) electrons. The highest BCUT2D eigenvalue weighted by Gasteiger charge is 2.36. The number of carbonyl (C=O) groups excluding carboxylic acids is 4. The first-order chi connectivity index (χ1) is 18.3. The molecule has 1 saturated heterocycles. The van der Waals surface area contributed by atoms with Crippen LogP contribution in [-0.4, -0.2) is 44.6 Å². The molecule has 2 aromatic carbocycles. The van der Waals surface area contributed by atoms with Crippen LogP contribution in [0.1, 0.15) is 28.8 Å². The van der Waals surface area contributed by atoms with Crippen LogP contribution in [0.25, 0.3) is 6.08 Å². The van der Waals surface area contributed by atoms with Crippen LogP contribution in [0.5, 0.6) is 17.2 Å². The van der Waals surface area contributed by atoms with Gasteiger partial charge in [-0.15, -0.1) is 0 Å². The number of nitrogens with zero attached hydrogens (tertiary/aromatic N) is 1. The largest absolute Gasteiger partial charge is 0.494 e. The molecule has 11 nitrogen and oxygen atoms in total. The Labute approximate surface area is 217 Å². The highest BCUT2D eigenvalue weighted by Crippen LogP contribution is 2.31. The summed E-state index contributed by atoms with van der Waals surface area (Å²) >= 11 is 0. The molecule has 4 rings (SSSR count). The SMILES string of the molecule is CCOc1ccc(N2C(=O)NC(=O)/C(=C/c3ccc(OCc4ccc(C(=O)OC)o4)c(OC)c3)C2=O)cc1. The Morgan fingerprint density at radius 1 is 0.974 bits per heavy atom. The van der Waals surface area contributed by atoms with E-state index in [4.69, 9.17) is 18.6 Å². The summed E-state index contributed by atoms with van der Waals surface area (Å²) in [5.41, 5.74) is 0.503. The molecule has 1 aliphatic heterocycles. The smallest absolute Gasteiger partial charge is 0.373 e. The van der Waals surface area contributed by atoms with Crippen molar-refractivity contribution >= 4 is 35.6 Å². The summed E-state index contributed by atoms with van der Waals surface area (Å²) in [5, 5.41) is 2.19. The Balaban J connectivity index is 1.54. The fraction of sp³-hybridized carbons (Fsp3) is 0.185. The van der Waals surface area contributed by atoms with E-state index in [0.29, 0.717) is 35.2 Å². The molecule has 38 heavy (non-hydrogen) atoms. The van der Waals surface area contributed by atoms with Gasteiger partial charge in [0.05, 0.1) is 26.5 Å². The van der Waals surface area contributed by atoms with Gasteiger partial charge in [-0.3, -0.25) is 14.9 Å². The van der Waals surface area contributed by atoms with Crippen LogP contribution in [0, 0.1) is 0 Å². The van der Waals surface area contributed by atoms with E-state index in [0.717, 1.165) is 4.90 Å². The van der Waals surface area contributed by atoms with Gasteiger partial charge in [0.25, 0.3) is 11.8 Å². The van der Waals surface area contributed by atoms with Gasteiger partial charge >= 0.3 is 12.0 Å². The standard InChI is InChI=1S/C27H24N2O9/c1-4-36-18-8-6-17(7-9-18)29-25(31)20(24(30)28-27(29)33)13-16-5-11-21(23(14-16)34-2)37-15-19-10-12-22(38-19)26(32)35-3/h5-14H,4,15H2,1-3H3,(H,28,30,33)/b20-13-. The zero-order chi connectivity index (χ0) is 27.2. The number of nitrogens with one attached hydrogen (secondary N) is 1. The van der Waals surface area contributed by atoms with E-state index in [1.54, 1.807) is 48.5 Å². The van der Waals surface area contributed by atoms with Gasteiger partial charge in [-0.2, -0.15) is 0 Å². The molecule has 1 aliphatic rings. The monoisotopic (exact) mass is 520 g/mol. The van der Waals surface area contributed by atoms with Crippen molar-refractivity contribution in [2.24, 2.45) is 0 Å². The summed E-state index contributed by atoms with van der Waals surface area (Å²) in [6.07, 6.45) is 1.35. The van der Waals surface area contributed by atoms with Crippen LogP contribution < -0.4 is 24.4 Å². The topological polar surface area (TPSA) is 134 Å². The Kier molecular flexibility index (Phi) is 7.76. The zero-order valence-electron chi connectivity index (χ0n) is 20.8. The van der Waals surface area contributed by atoms with E-state index in [1.165, 1.54) is 26.4 Å². The van der Waals surface area contributed by atoms with Crippen LogP contribution in [0.15, 0.2) is 64.6 Å². The van der Waals surface area contributed by atoms with Crippen molar-refractivity contribution in [1.82, 2.24) is 5.32 Å². The fourth-order valence-corrected chi connectivity index (χ4v) is 3.62. The quantitative estimate of drug-likeness (QED) is 0.255. The third-order valence-corrected chi connectivity index (χ3v) is 5.42. The van der Waals surface area contributed by atoms with E-state index in [2.05, 4.69) is 10.1 Å². The van der Waals surface area contributed by atoms with Crippen molar-refractivity contribution in [1.29, 1.82) is 0 Å². The molecule has 196 valence electrons. The van der Waals surface area contributed by atoms with Crippen LogP contribution in [0.4, 0.5) is 10.5 Å². The number of benzene rings is 2. The number of carbonyl (C=O) groups is 4. The first kappa shape index (κ1) is 26.0. The molecule has 0 saturated carbocycles. The first-order valence-corrected chi connectivity index (χ1v) is 11.5. The normalized spacial score (nSPS) is 14.3. The molecule has 0 unspecified atom stereocenters. The minimum absolute atomic E-state index is 0.00778. The second-order valence-corrected chi connectivity index (χ2v) is 7.84. The van der Waals surface area contributed by atoms with Gasteiger partial charge in [0, 0.05) is 0 Å². The molecule has 4 amide bonds. The van der Waals surface area contributed by atoms with Gasteiger partial charge in [0.15, 0.2) is 11.5 Å². The summed E-state index contributed by atoms with van der Waals surface area (Å²) in [5.74, 6) is -0.496. The second kappa shape index (κ2) is 11.3. The molecule has 1 N–H and O–H groups in total. The predicted molar refractivity (Wildman–Crippen MR) is 134 cm³/mol. The lowest BCUT2D eigenvalue weighted by Crippen LogP contribution is -2.54. The first-order valence-electron chi connectivity index (χ1n) is 11.5.